The number of aromatic nitrogens is 2. The van der Waals surface area contributed by atoms with Crippen LogP contribution in [0.4, 0.5) is 10.6 Å². The van der Waals surface area contributed by atoms with Gasteiger partial charge in [0.25, 0.3) is 0 Å². The Hall–Kier alpha value is -2.75. The molecule has 1 aliphatic carbocycles. The van der Waals surface area contributed by atoms with Gasteiger partial charge in [0.15, 0.2) is 0 Å². The third-order valence-corrected chi connectivity index (χ3v) is 7.66. The van der Waals surface area contributed by atoms with Gasteiger partial charge in [-0.2, -0.15) is 4.98 Å². The first kappa shape index (κ1) is 22.1. The van der Waals surface area contributed by atoms with Gasteiger partial charge in [0.05, 0.1) is 5.69 Å². The molecule has 2 aliphatic heterocycles. The molecular weight excluding hydrogens is 418 g/mol. The van der Waals surface area contributed by atoms with Crippen molar-refractivity contribution in [2.45, 2.75) is 38.3 Å². The minimum absolute atomic E-state index is 0.228. The van der Waals surface area contributed by atoms with E-state index in [1.165, 1.54) is 35.8 Å². The third kappa shape index (κ3) is 4.66. The van der Waals surface area contributed by atoms with E-state index in [2.05, 4.69) is 32.7 Å². The number of hydrogen-bond acceptors (Lipinski definition) is 6. The van der Waals surface area contributed by atoms with Crippen LogP contribution >= 0.6 is 0 Å². The Labute approximate surface area is 194 Å². The molecule has 0 radical (unpaired) electrons. The first-order chi connectivity index (χ1) is 16.0. The molecule has 3 aliphatic rings. The minimum Gasteiger partial charge on any atom is -0.327 e. The van der Waals surface area contributed by atoms with Crippen molar-refractivity contribution in [3.05, 3.63) is 52.6 Å². The van der Waals surface area contributed by atoms with E-state index >= 15 is 0 Å². The van der Waals surface area contributed by atoms with Gasteiger partial charge in [-0.1, -0.05) is 12.1 Å². The molecule has 176 valence electrons. The van der Waals surface area contributed by atoms with Crippen LogP contribution in [0.15, 0.2) is 41.3 Å². The first-order valence-corrected chi connectivity index (χ1v) is 12.0. The molecule has 1 saturated carbocycles. The van der Waals surface area contributed by atoms with E-state index in [1.807, 2.05) is 12.1 Å². The number of rotatable bonds is 4. The molecule has 0 bridgehead atoms. The number of carbonyl (C=O) groups is 1. The second kappa shape index (κ2) is 9.24. The number of piperidine rings is 1. The van der Waals surface area contributed by atoms with Gasteiger partial charge in [-0.15, -0.1) is 0 Å². The highest BCUT2D eigenvalue weighted by Gasteiger charge is 2.45. The predicted octanol–water partition coefficient (Wildman–Crippen LogP) is 1.37. The van der Waals surface area contributed by atoms with Crippen LogP contribution in [0.3, 0.4) is 0 Å². The Morgan fingerprint density at radius 2 is 1.82 bits per heavy atom. The Morgan fingerprint density at radius 1 is 1.09 bits per heavy atom. The standard InChI is InChI=1S/C24H33N7O2/c25-20-5-7-24(20)8-13-29(14-9-24)17-18-1-3-19(4-2-18)31-12-6-21(28-23(31)33)27-22(32)30-15-10-26-11-16-30/h1-4,6,12,20,26H,5,7-11,13-17,25H2,(H,27,28,32,33). The maximum absolute atomic E-state index is 12.6. The number of nitrogens with one attached hydrogen (secondary N) is 2. The average molecular weight is 452 g/mol. The molecule has 2 aromatic rings. The summed E-state index contributed by atoms with van der Waals surface area (Å²) in [6.45, 7) is 5.92. The van der Waals surface area contributed by atoms with E-state index in [4.69, 9.17) is 5.73 Å². The zero-order chi connectivity index (χ0) is 22.8. The van der Waals surface area contributed by atoms with Crippen molar-refractivity contribution in [2.24, 2.45) is 11.1 Å². The number of amides is 2. The molecule has 9 heteroatoms. The largest absolute Gasteiger partial charge is 0.354 e. The Kier molecular flexibility index (Phi) is 6.18. The molecule has 2 amide bonds. The van der Waals surface area contributed by atoms with Crippen molar-refractivity contribution < 1.29 is 4.79 Å². The zero-order valence-corrected chi connectivity index (χ0v) is 19.0. The highest BCUT2D eigenvalue weighted by atomic mass is 16.2. The van der Waals surface area contributed by atoms with Gasteiger partial charge in [-0.25, -0.2) is 9.59 Å². The number of carbonyl (C=O) groups excluding carboxylic acids is 1. The second-order valence-electron chi connectivity index (χ2n) is 9.58. The smallest absolute Gasteiger partial charge is 0.327 e. The highest BCUT2D eigenvalue weighted by molar-refractivity contribution is 5.88. The molecule has 1 atom stereocenters. The molecule has 2 saturated heterocycles. The molecule has 1 unspecified atom stereocenters. The summed E-state index contributed by atoms with van der Waals surface area (Å²) in [5.74, 6) is 0.269. The predicted molar refractivity (Wildman–Crippen MR) is 127 cm³/mol. The fourth-order valence-corrected chi connectivity index (χ4v) is 5.24. The van der Waals surface area contributed by atoms with Gasteiger partial charge in [-0.3, -0.25) is 14.8 Å². The minimum atomic E-state index is -0.418. The van der Waals surface area contributed by atoms with Crippen molar-refractivity contribution in [1.82, 2.24) is 24.7 Å². The number of benzene rings is 1. The van der Waals surface area contributed by atoms with Crippen molar-refractivity contribution >= 4 is 11.8 Å². The van der Waals surface area contributed by atoms with Crippen LogP contribution < -0.4 is 22.1 Å². The van der Waals surface area contributed by atoms with Crippen LogP contribution in [0.5, 0.6) is 0 Å². The highest BCUT2D eigenvalue weighted by Crippen LogP contribution is 2.48. The normalized spacial score (nSPS) is 22.7. The van der Waals surface area contributed by atoms with Crippen LogP contribution in [0.25, 0.3) is 5.69 Å². The number of nitrogens with two attached hydrogens (primary N) is 1. The van der Waals surface area contributed by atoms with Crippen molar-refractivity contribution in [1.29, 1.82) is 0 Å². The van der Waals surface area contributed by atoms with Gasteiger partial charge in [-0.05, 0) is 68.0 Å². The molecule has 5 rings (SSSR count). The second-order valence-corrected chi connectivity index (χ2v) is 9.58. The molecule has 3 heterocycles. The van der Waals surface area contributed by atoms with E-state index in [9.17, 15) is 9.59 Å². The Morgan fingerprint density at radius 3 is 2.42 bits per heavy atom. The van der Waals surface area contributed by atoms with Gasteiger partial charge < -0.3 is 16.0 Å². The molecule has 33 heavy (non-hydrogen) atoms. The lowest BCUT2D eigenvalue weighted by Crippen LogP contribution is -2.55. The number of piperazine rings is 1. The molecule has 1 aromatic heterocycles. The lowest BCUT2D eigenvalue weighted by atomic mass is 9.60. The molecule has 4 N–H and O–H groups in total. The fraction of sp³-hybridized carbons (Fsp3) is 0.542. The fourth-order valence-electron chi connectivity index (χ4n) is 5.24. The number of anilines is 1. The maximum atomic E-state index is 12.6. The van der Waals surface area contributed by atoms with Crippen LogP contribution in [-0.2, 0) is 6.54 Å². The lowest BCUT2D eigenvalue weighted by molar-refractivity contribution is 0.00773. The monoisotopic (exact) mass is 451 g/mol. The zero-order valence-electron chi connectivity index (χ0n) is 19.0. The summed E-state index contributed by atoms with van der Waals surface area (Å²) < 4.78 is 1.49. The van der Waals surface area contributed by atoms with Gasteiger partial charge in [0, 0.05) is 45.0 Å². The third-order valence-electron chi connectivity index (χ3n) is 7.66. The molecule has 9 nitrogen and oxygen atoms in total. The SMILES string of the molecule is NC1CCC12CCN(Cc1ccc(-n3ccc(NC(=O)N4CCNCC4)nc3=O)cc1)CC2. The van der Waals surface area contributed by atoms with E-state index in [1.54, 1.807) is 17.2 Å². The van der Waals surface area contributed by atoms with Gasteiger partial charge >= 0.3 is 11.7 Å². The van der Waals surface area contributed by atoms with Gasteiger partial charge in [0.2, 0.25) is 0 Å². The van der Waals surface area contributed by atoms with Crippen LogP contribution in [0, 0.1) is 5.41 Å². The topological polar surface area (TPSA) is 109 Å². The summed E-state index contributed by atoms with van der Waals surface area (Å²) in [5.41, 5.74) is 8.24. The first-order valence-electron chi connectivity index (χ1n) is 12.0. The Bertz CT molecular complexity index is 1040. The lowest BCUT2D eigenvalue weighted by Gasteiger charge is -2.52. The van der Waals surface area contributed by atoms with Crippen LogP contribution in [-0.4, -0.2) is 70.7 Å². The Balaban J connectivity index is 1.18. The van der Waals surface area contributed by atoms with Crippen molar-refractivity contribution in [2.75, 3.05) is 44.6 Å². The number of urea groups is 1. The quantitative estimate of drug-likeness (QED) is 0.648. The summed E-state index contributed by atoms with van der Waals surface area (Å²) in [5, 5.41) is 5.93. The molecule has 1 spiro atoms. The average Bonchev–Trinajstić information content (AvgIpc) is 2.85. The van der Waals surface area contributed by atoms with E-state index in [-0.39, 0.29) is 11.8 Å². The van der Waals surface area contributed by atoms with E-state index in [0.717, 1.165) is 38.4 Å². The summed E-state index contributed by atoms with van der Waals surface area (Å²) in [7, 11) is 0. The summed E-state index contributed by atoms with van der Waals surface area (Å²) in [6.07, 6.45) is 6.52. The van der Waals surface area contributed by atoms with Crippen LogP contribution in [0.1, 0.15) is 31.2 Å². The number of hydrogen-bond donors (Lipinski definition) is 3. The summed E-state index contributed by atoms with van der Waals surface area (Å²) in [6, 6.07) is 9.86. The summed E-state index contributed by atoms with van der Waals surface area (Å²) >= 11 is 0. The van der Waals surface area contributed by atoms with Crippen LogP contribution in [0.2, 0.25) is 0 Å². The number of likely N-dealkylation sites (tertiary alicyclic amines) is 1. The van der Waals surface area contributed by atoms with Crippen molar-refractivity contribution in [3.8, 4) is 5.69 Å². The van der Waals surface area contributed by atoms with Crippen molar-refractivity contribution in [3.63, 3.8) is 0 Å². The maximum Gasteiger partial charge on any atom is 0.354 e. The molecule has 3 fully saturated rings. The van der Waals surface area contributed by atoms with Gasteiger partial charge in [0.1, 0.15) is 5.82 Å². The van der Waals surface area contributed by atoms with E-state index in [0.29, 0.717) is 24.5 Å². The molecule has 1 aromatic carbocycles. The summed E-state index contributed by atoms with van der Waals surface area (Å²) in [4.78, 5) is 33.2. The molecular formula is C24H33N7O2. The van der Waals surface area contributed by atoms with E-state index < -0.39 is 5.69 Å². The number of nitrogens with zero attached hydrogens (tertiary/aromatic N) is 4.